The number of allylic oxidation sites excluding steroid dienone is 1. The largest absolute Gasteiger partial charge is 0.310 e. The van der Waals surface area contributed by atoms with E-state index in [4.69, 9.17) is 0 Å². The van der Waals surface area contributed by atoms with Gasteiger partial charge in [0.1, 0.15) is 5.82 Å². The number of rotatable bonds is 10. The Morgan fingerprint density at radius 2 is 2.10 bits per heavy atom. The van der Waals surface area contributed by atoms with Gasteiger partial charge in [-0.25, -0.2) is 4.39 Å². The predicted molar refractivity (Wildman–Crippen MR) is 85.5 cm³/mol. The molecule has 1 aromatic carbocycles. The van der Waals surface area contributed by atoms with Gasteiger partial charge in [0.15, 0.2) is 0 Å². The molecule has 0 aliphatic rings. The lowest BCUT2D eigenvalue weighted by atomic mass is 9.98. The van der Waals surface area contributed by atoms with Crippen LogP contribution in [0.4, 0.5) is 4.39 Å². The standard InChI is InChI=1S/C18H28FN/c1-4-6-7-8-9-10-18(20-13-5-2)16-11-12-17(19)15(3)14-16/h4,11-12,14,18,20H,1,5-10,13H2,2-3H3. The van der Waals surface area contributed by atoms with Crippen molar-refractivity contribution < 1.29 is 4.39 Å². The highest BCUT2D eigenvalue weighted by Gasteiger charge is 2.11. The summed E-state index contributed by atoms with van der Waals surface area (Å²) in [6, 6.07) is 5.83. The highest BCUT2D eigenvalue weighted by Crippen LogP contribution is 2.22. The van der Waals surface area contributed by atoms with E-state index in [-0.39, 0.29) is 5.82 Å². The first-order valence-electron chi connectivity index (χ1n) is 7.79. The Kier molecular flexibility index (Phi) is 8.20. The van der Waals surface area contributed by atoms with Gasteiger partial charge in [0.2, 0.25) is 0 Å². The van der Waals surface area contributed by atoms with Gasteiger partial charge in [-0.3, -0.25) is 0 Å². The molecule has 1 atom stereocenters. The van der Waals surface area contributed by atoms with E-state index in [1.807, 2.05) is 25.1 Å². The topological polar surface area (TPSA) is 12.0 Å². The molecule has 1 unspecified atom stereocenters. The Bertz CT molecular complexity index is 400. The Morgan fingerprint density at radius 3 is 2.75 bits per heavy atom. The summed E-state index contributed by atoms with van der Waals surface area (Å²) in [4.78, 5) is 0. The second-order valence-corrected chi connectivity index (χ2v) is 5.44. The van der Waals surface area contributed by atoms with Crippen LogP contribution in [0.5, 0.6) is 0 Å². The van der Waals surface area contributed by atoms with E-state index in [9.17, 15) is 4.39 Å². The summed E-state index contributed by atoms with van der Waals surface area (Å²) in [5.41, 5.74) is 1.94. The molecule has 0 aliphatic heterocycles. The van der Waals surface area contributed by atoms with Crippen molar-refractivity contribution in [3.63, 3.8) is 0 Å². The second-order valence-electron chi connectivity index (χ2n) is 5.44. The van der Waals surface area contributed by atoms with Crippen molar-refractivity contribution in [2.45, 2.75) is 58.4 Å². The summed E-state index contributed by atoms with van der Waals surface area (Å²) >= 11 is 0. The van der Waals surface area contributed by atoms with E-state index in [0.717, 1.165) is 31.4 Å². The minimum absolute atomic E-state index is 0.117. The third-order valence-corrected chi connectivity index (χ3v) is 3.63. The molecule has 0 bridgehead atoms. The molecular formula is C18H28FN. The smallest absolute Gasteiger partial charge is 0.126 e. The zero-order valence-electron chi connectivity index (χ0n) is 12.9. The van der Waals surface area contributed by atoms with Crippen LogP contribution < -0.4 is 5.32 Å². The number of hydrogen-bond donors (Lipinski definition) is 1. The van der Waals surface area contributed by atoms with Gasteiger partial charge in [-0.15, -0.1) is 6.58 Å². The molecule has 0 saturated heterocycles. The van der Waals surface area contributed by atoms with E-state index >= 15 is 0 Å². The zero-order valence-corrected chi connectivity index (χ0v) is 12.9. The van der Waals surface area contributed by atoms with Crippen LogP contribution in [0.25, 0.3) is 0 Å². The van der Waals surface area contributed by atoms with Gasteiger partial charge in [-0.2, -0.15) is 0 Å². The number of nitrogens with one attached hydrogen (secondary N) is 1. The first-order chi connectivity index (χ1) is 9.69. The van der Waals surface area contributed by atoms with E-state index in [0.29, 0.717) is 6.04 Å². The molecule has 0 amide bonds. The van der Waals surface area contributed by atoms with Crippen molar-refractivity contribution >= 4 is 0 Å². The van der Waals surface area contributed by atoms with Crippen LogP contribution >= 0.6 is 0 Å². The third-order valence-electron chi connectivity index (χ3n) is 3.63. The summed E-state index contributed by atoms with van der Waals surface area (Å²) in [6.45, 7) is 8.76. The van der Waals surface area contributed by atoms with Crippen LogP contribution in [-0.4, -0.2) is 6.54 Å². The minimum Gasteiger partial charge on any atom is -0.310 e. The predicted octanol–water partition coefficient (Wildman–Crippen LogP) is 5.31. The van der Waals surface area contributed by atoms with Gasteiger partial charge in [-0.1, -0.05) is 38.0 Å². The molecule has 1 aromatic rings. The molecule has 112 valence electrons. The summed E-state index contributed by atoms with van der Waals surface area (Å²) < 4.78 is 13.4. The number of halogens is 1. The Balaban J connectivity index is 2.57. The molecule has 1 N–H and O–H groups in total. The Morgan fingerprint density at radius 1 is 1.30 bits per heavy atom. The molecule has 1 rings (SSSR count). The van der Waals surface area contributed by atoms with E-state index in [2.05, 4.69) is 18.8 Å². The number of benzene rings is 1. The maximum Gasteiger partial charge on any atom is 0.126 e. The van der Waals surface area contributed by atoms with Crippen molar-refractivity contribution in [1.82, 2.24) is 5.32 Å². The van der Waals surface area contributed by atoms with Crippen molar-refractivity contribution in [2.75, 3.05) is 6.54 Å². The quantitative estimate of drug-likeness (QED) is 0.451. The fourth-order valence-corrected chi connectivity index (χ4v) is 2.40. The van der Waals surface area contributed by atoms with Crippen molar-refractivity contribution in [3.05, 3.63) is 47.8 Å². The zero-order chi connectivity index (χ0) is 14.8. The van der Waals surface area contributed by atoms with Gasteiger partial charge in [0.25, 0.3) is 0 Å². The van der Waals surface area contributed by atoms with Crippen LogP contribution in [0.1, 0.15) is 62.6 Å². The fourth-order valence-electron chi connectivity index (χ4n) is 2.40. The maximum absolute atomic E-state index is 13.4. The van der Waals surface area contributed by atoms with Crippen molar-refractivity contribution in [1.29, 1.82) is 0 Å². The van der Waals surface area contributed by atoms with Crippen LogP contribution in [-0.2, 0) is 0 Å². The summed E-state index contributed by atoms with van der Waals surface area (Å²) in [7, 11) is 0. The fraction of sp³-hybridized carbons (Fsp3) is 0.556. The van der Waals surface area contributed by atoms with Crippen molar-refractivity contribution in [2.24, 2.45) is 0 Å². The average molecular weight is 277 g/mol. The van der Waals surface area contributed by atoms with Gasteiger partial charge in [-0.05, 0) is 56.3 Å². The summed E-state index contributed by atoms with van der Waals surface area (Å²) in [5.74, 6) is -0.117. The summed E-state index contributed by atoms with van der Waals surface area (Å²) in [6.07, 6.45) is 8.96. The van der Waals surface area contributed by atoms with Crippen LogP contribution in [0.3, 0.4) is 0 Å². The highest BCUT2D eigenvalue weighted by molar-refractivity contribution is 5.26. The molecule has 0 aromatic heterocycles. The number of aryl methyl sites for hydroxylation is 1. The highest BCUT2D eigenvalue weighted by atomic mass is 19.1. The monoisotopic (exact) mass is 277 g/mol. The van der Waals surface area contributed by atoms with Gasteiger partial charge in [0.05, 0.1) is 0 Å². The lowest BCUT2D eigenvalue weighted by molar-refractivity contribution is 0.471. The lowest BCUT2D eigenvalue weighted by Crippen LogP contribution is -2.22. The first kappa shape index (κ1) is 16.9. The SMILES string of the molecule is C=CCCCCCC(NCCC)c1ccc(F)c(C)c1. The van der Waals surface area contributed by atoms with Gasteiger partial charge in [0, 0.05) is 6.04 Å². The van der Waals surface area contributed by atoms with Crippen LogP contribution in [0.2, 0.25) is 0 Å². The molecule has 20 heavy (non-hydrogen) atoms. The van der Waals surface area contributed by atoms with E-state index in [1.165, 1.54) is 24.8 Å². The molecule has 0 aliphatic carbocycles. The van der Waals surface area contributed by atoms with Crippen LogP contribution in [0, 0.1) is 12.7 Å². The maximum atomic E-state index is 13.4. The van der Waals surface area contributed by atoms with E-state index < -0.39 is 0 Å². The molecule has 0 fully saturated rings. The second kappa shape index (κ2) is 9.71. The molecule has 2 heteroatoms. The minimum atomic E-state index is -0.117. The Labute approximate surface area is 123 Å². The molecule has 0 heterocycles. The van der Waals surface area contributed by atoms with E-state index in [1.54, 1.807) is 6.07 Å². The van der Waals surface area contributed by atoms with Crippen molar-refractivity contribution in [3.8, 4) is 0 Å². The normalized spacial score (nSPS) is 12.3. The molecular weight excluding hydrogens is 249 g/mol. The number of unbranched alkanes of at least 4 members (excludes halogenated alkanes) is 3. The first-order valence-corrected chi connectivity index (χ1v) is 7.79. The third kappa shape index (κ3) is 5.87. The number of hydrogen-bond acceptors (Lipinski definition) is 1. The van der Waals surface area contributed by atoms with Crippen LogP contribution in [0.15, 0.2) is 30.9 Å². The van der Waals surface area contributed by atoms with Gasteiger partial charge >= 0.3 is 0 Å². The molecule has 0 radical (unpaired) electrons. The molecule has 0 saturated carbocycles. The average Bonchev–Trinajstić information content (AvgIpc) is 2.45. The summed E-state index contributed by atoms with van der Waals surface area (Å²) in [5, 5.41) is 3.58. The van der Waals surface area contributed by atoms with Gasteiger partial charge < -0.3 is 5.32 Å². The molecule has 1 nitrogen and oxygen atoms in total. The Hall–Kier alpha value is -1.15. The molecule has 0 spiro atoms. The lowest BCUT2D eigenvalue weighted by Gasteiger charge is -2.19.